The Bertz CT molecular complexity index is 613. The van der Waals surface area contributed by atoms with Gasteiger partial charge in [0.15, 0.2) is 0 Å². The van der Waals surface area contributed by atoms with E-state index in [4.69, 9.17) is 0 Å². The van der Waals surface area contributed by atoms with Crippen molar-refractivity contribution in [3.05, 3.63) is 24.3 Å². The van der Waals surface area contributed by atoms with Crippen molar-refractivity contribution in [2.75, 3.05) is 0 Å². The molecule has 24 heavy (non-hydrogen) atoms. The van der Waals surface area contributed by atoms with Gasteiger partial charge in [0.1, 0.15) is 5.75 Å². The fourth-order valence-corrected chi connectivity index (χ4v) is 9.13. The minimum absolute atomic E-state index is 0.259. The molecule has 1 rings (SSSR count). The van der Waals surface area contributed by atoms with Gasteiger partial charge in [-0.1, -0.05) is 75.5 Å². The highest BCUT2D eigenvalue weighted by atomic mass is 32.2. The van der Waals surface area contributed by atoms with Gasteiger partial charge in [0, 0.05) is 0 Å². The Balaban J connectivity index is 3.25. The first-order valence-electron chi connectivity index (χ1n) is 8.23. The van der Waals surface area contributed by atoms with Crippen LogP contribution in [0.4, 0.5) is 13.2 Å². The van der Waals surface area contributed by atoms with Gasteiger partial charge in [-0.2, -0.15) is 21.6 Å². The molecule has 138 valence electrons. The number of alkyl halides is 3. The van der Waals surface area contributed by atoms with E-state index in [0.29, 0.717) is 0 Å². The molecule has 1 aromatic rings. The average molecular weight is 383 g/mol. The number of rotatable bonds is 9. The zero-order valence-electron chi connectivity index (χ0n) is 14.3. The highest BCUT2D eigenvalue weighted by molar-refractivity contribution is 7.88. The molecule has 0 atom stereocenters. The lowest BCUT2D eigenvalue weighted by Crippen LogP contribution is -2.47. The van der Waals surface area contributed by atoms with E-state index in [1.807, 2.05) is 6.07 Å². The van der Waals surface area contributed by atoms with Crippen LogP contribution in [0, 0.1) is 0 Å². The quantitative estimate of drug-likeness (QED) is 0.350. The van der Waals surface area contributed by atoms with Crippen molar-refractivity contribution in [1.29, 1.82) is 0 Å². The van der Waals surface area contributed by atoms with Crippen LogP contribution in [0.2, 0.25) is 18.1 Å². The second-order valence-electron chi connectivity index (χ2n) is 6.04. The molecule has 0 amide bonds. The minimum atomic E-state index is -5.63. The molecule has 0 N–H and O–H groups in total. The topological polar surface area (TPSA) is 43.4 Å². The molecule has 0 aromatic heterocycles. The van der Waals surface area contributed by atoms with Gasteiger partial charge in [-0.15, -0.1) is 0 Å². The number of halogens is 3. The highest BCUT2D eigenvalue weighted by Crippen LogP contribution is 2.29. The molecule has 0 aliphatic heterocycles. The fourth-order valence-electron chi connectivity index (χ4n) is 3.30. The van der Waals surface area contributed by atoms with Crippen LogP contribution in [0.3, 0.4) is 0 Å². The Hall–Kier alpha value is -1.02. The summed E-state index contributed by atoms with van der Waals surface area (Å²) in [5.74, 6) is -0.259. The van der Waals surface area contributed by atoms with E-state index in [1.54, 1.807) is 6.07 Å². The summed E-state index contributed by atoms with van der Waals surface area (Å²) in [6, 6.07) is 9.34. The van der Waals surface area contributed by atoms with Gasteiger partial charge in [-0.05, 0) is 12.1 Å². The van der Waals surface area contributed by atoms with Crippen LogP contribution in [-0.2, 0) is 10.1 Å². The Morgan fingerprint density at radius 3 is 1.92 bits per heavy atom. The third-order valence-electron chi connectivity index (χ3n) is 4.12. The fraction of sp³-hybridized carbons (Fsp3) is 0.625. The SMILES string of the molecule is CCC[Si](CCC)(CCC)c1cccc(OS(=O)(=O)C(F)(F)F)c1. The predicted molar refractivity (Wildman–Crippen MR) is 92.7 cm³/mol. The van der Waals surface area contributed by atoms with E-state index in [-0.39, 0.29) is 5.75 Å². The summed E-state index contributed by atoms with van der Waals surface area (Å²) in [5, 5.41) is 0.975. The molecular formula is C16H25F3O3SSi. The normalized spacial score (nSPS) is 13.1. The van der Waals surface area contributed by atoms with E-state index in [9.17, 15) is 21.6 Å². The predicted octanol–water partition coefficient (Wildman–Crippen LogP) is 4.80. The molecule has 0 aliphatic carbocycles. The maximum Gasteiger partial charge on any atom is 0.534 e. The van der Waals surface area contributed by atoms with Gasteiger partial charge in [0.05, 0.1) is 8.07 Å². The molecule has 8 heteroatoms. The van der Waals surface area contributed by atoms with Gasteiger partial charge in [0.25, 0.3) is 0 Å². The maximum atomic E-state index is 12.5. The van der Waals surface area contributed by atoms with E-state index >= 15 is 0 Å². The summed E-state index contributed by atoms with van der Waals surface area (Å²) in [7, 11) is -7.51. The van der Waals surface area contributed by atoms with Crippen molar-refractivity contribution in [2.45, 2.75) is 63.7 Å². The summed E-state index contributed by atoms with van der Waals surface area (Å²) < 4.78 is 64.3. The van der Waals surface area contributed by atoms with Crippen LogP contribution in [0.5, 0.6) is 5.75 Å². The molecule has 0 radical (unpaired) electrons. The van der Waals surface area contributed by atoms with Gasteiger partial charge in [-0.3, -0.25) is 0 Å². The number of benzene rings is 1. The third-order valence-corrected chi connectivity index (χ3v) is 11.0. The van der Waals surface area contributed by atoms with Crippen LogP contribution in [0.25, 0.3) is 0 Å². The van der Waals surface area contributed by atoms with Crippen LogP contribution >= 0.6 is 0 Å². The summed E-state index contributed by atoms with van der Waals surface area (Å²) in [6.45, 7) is 6.30. The van der Waals surface area contributed by atoms with E-state index < -0.39 is 23.7 Å². The smallest absolute Gasteiger partial charge is 0.376 e. The van der Waals surface area contributed by atoms with E-state index in [0.717, 1.165) is 42.6 Å². The molecule has 0 aliphatic rings. The first kappa shape index (κ1) is 21.0. The Morgan fingerprint density at radius 1 is 1.00 bits per heavy atom. The van der Waals surface area contributed by atoms with Gasteiger partial charge in [0.2, 0.25) is 0 Å². The van der Waals surface area contributed by atoms with Crippen molar-refractivity contribution in [3.63, 3.8) is 0 Å². The maximum absolute atomic E-state index is 12.5. The average Bonchev–Trinajstić information content (AvgIpc) is 2.46. The molecule has 0 heterocycles. The largest absolute Gasteiger partial charge is 0.534 e. The summed E-state index contributed by atoms with van der Waals surface area (Å²) >= 11 is 0. The lowest BCUT2D eigenvalue weighted by molar-refractivity contribution is -0.0500. The van der Waals surface area contributed by atoms with Gasteiger partial charge in [-0.25, -0.2) is 0 Å². The second-order valence-corrected chi connectivity index (χ2v) is 12.2. The van der Waals surface area contributed by atoms with Gasteiger partial charge >= 0.3 is 15.6 Å². The molecule has 0 unspecified atom stereocenters. The van der Waals surface area contributed by atoms with E-state index in [2.05, 4.69) is 25.0 Å². The van der Waals surface area contributed by atoms with Gasteiger partial charge < -0.3 is 4.18 Å². The highest BCUT2D eigenvalue weighted by Gasteiger charge is 2.48. The van der Waals surface area contributed by atoms with Crippen LogP contribution in [-0.4, -0.2) is 22.0 Å². The Kier molecular flexibility index (Phi) is 7.34. The molecule has 0 bridgehead atoms. The Labute approximate surface area is 143 Å². The Morgan fingerprint density at radius 2 is 1.50 bits per heavy atom. The molecular weight excluding hydrogens is 357 g/mol. The molecule has 1 aromatic carbocycles. The monoisotopic (exact) mass is 382 g/mol. The zero-order chi connectivity index (χ0) is 18.4. The minimum Gasteiger partial charge on any atom is -0.376 e. The summed E-state index contributed by atoms with van der Waals surface area (Å²) in [6.07, 6.45) is 2.99. The number of hydrogen-bond donors (Lipinski definition) is 0. The van der Waals surface area contributed by atoms with Crippen molar-refractivity contribution < 1.29 is 25.8 Å². The van der Waals surface area contributed by atoms with Crippen molar-refractivity contribution in [3.8, 4) is 5.75 Å². The van der Waals surface area contributed by atoms with Crippen molar-refractivity contribution in [1.82, 2.24) is 0 Å². The number of hydrogen-bond acceptors (Lipinski definition) is 3. The molecule has 0 fully saturated rings. The molecule has 3 nitrogen and oxygen atoms in total. The van der Waals surface area contributed by atoms with Crippen LogP contribution < -0.4 is 9.37 Å². The molecule has 0 saturated heterocycles. The van der Waals surface area contributed by atoms with E-state index in [1.165, 1.54) is 12.1 Å². The second kappa shape index (κ2) is 8.38. The summed E-state index contributed by atoms with van der Waals surface area (Å²) in [5.41, 5.74) is -5.42. The van der Waals surface area contributed by atoms with Crippen molar-refractivity contribution in [2.24, 2.45) is 0 Å². The molecule has 0 spiro atoms. The first-order chi connectivity index (χ1) is 11.1. The van der Waals surface area contributed by atoms with Crippen LogP contribution in [0.15, 0.2) is 24.3 Å². The van der Waals surface area contributed by atoms with Crippen molar-refractivity contribution >= 4 is 23.4 Å². The third kappa shape index (κ3) is 4.99. The molecule has 0 saturated carbocycles. The summed E-state index contributed by atoms with van der Waals surface area (Å²) in [4.78, 5) is 0. The zero-order valence-corrected chi connectivity index (χ0v) is 16.1. The standard InChI is InChI=1S/C16H25F3O3SSi/c1-4-10-24(11-5-2,12-6-3)15-9-7-8-14(13-15)22-23(20,21)16(17,18)19/h7-9,13H,4-6,10-12H2,1-3H3. The van der Waals surface area contributed by atoms with Crippen LogP contribution in [0.1, 0.15) is 40.0 Å². The lowest BCUT2D eigenvalue weighted by atomic mass is 10.3. The first-order valence-corrected chi connectivity index (χ1v) is 12.3. The lowest BCUT2D eigenvalue weighted by Gasteiger charge is -2.32.